The smallest absolute Gasteiger partial charge is 0.293 e. The predicted molar refractivity (Wildman–Crippen MR) is 94.4 cm³/mol. The maximum Gasteiger partial charge on any atom is 0.293 e. The van der Waals surface area contributed by atoms with E-state index in [0.29, 0.717) is 42.5 Å². The van der Waals surface area contributed by atoms with Crippen molar-refractivity contribution in [2.24, 2.45) is 40.4 Å². The van der Waals surface area contributed by atoms with Crippen LogP contribution in [0.15, 0.2) is 0 Å². The number of carbonyl (C=O) groups excluding carboxylic acids is 2. The first-order valence-corrected chi connectivity index (χ1v) is 9.93. The molecule has 0 aliphatic heterocycles. The fourth-order valence-corrected chi connectivity index (χ4v) is 7.05. The summed E-state index contributed by atoms with van der Waals surface area (Å²) < 4.78 is 4.95. The van der Waals surface area contributed by atoms with Gasteiger partial charge in [0, 0.05) is 11.8 Å². The Labute approximate surface area is 146 Å². The van der Waals surface area contributed by atoms with E-state index in [4.69, 9.17) is 4.74 Å². The van der Waals surface area contributed by atoms with Crippen LogP contribution in [0.2, 0.25) is 0 Å². The van der Waals surface area contributed by atoms with Crippen LogP contribution in [0.5, 0.6) is 0 Å². The molecule has 0 aromatic carbocycles. The lowest BCUT2D eigenvalue weighted by Gasteiger charge is -2.56. The van der Waals surface area contributed by atoms with Crippen molar-refractivity contribution >= 4 is 12.3 Å². The fourth-order valence-electron chi connectivity index (χ4n) is 7.05. The van der Waals surface area contributed by atoms with Crippen molar-refractivity contribution in [2.45, 2.75) is 72.6 Å². The van der Waals surface area contributed by atoms with Gasteiger partial charge in [0.1, 0.15) is 5.78 Å². The molecule has 0 aromatic heterocycles. The molecule has 6 atom stereocenters. The zero-order valence-corrected chi connectivity index (χ0v) is 15.8. The fraction of sp³-hybridized carbons (Fsp3) is 0.905. The van der Waals surface area contributed by atoms with Crippen molar-refractivity contribution in [3.8, 4) is 0 Å². The molecule has 0 heterocycles. The first-order chi connectivity index (χ1) is 11.3. The third-order valence-electron chi connectivity index (χ3n) is 8.28. The molecule has 136 valence electrons. The topological polar surface area (TPSA) is 43.4 Å². The highest BCUT2D eigenvalue weighted by Crippen LogP contribution is 2.65. The van der Waals surface area contributed by atoms with Crippen molar-refractivity contribution in [1.82, 2.24) is 0 Å². The van der Waals surface area contributed by atoms with Crippen LogP contribution < -0.4 is 0 Å². The van der Waals surface area contributed by atoms with Gasteiger partial charge in [-0.1, -0.05) is 27.7 Å². The quantitative estimate of drug-likeness (QED) is 0.544. The Kier molecular flexibility index (Phi) is 4.83. The van der Waals surface area contributed by atoms with E-state index in [1.165, 1.54) is 25.7 Å². The number of fused-ring (bicyclic) bond motifs is 3. The highest BCUT2D eigenvalue weighted by molar-refractivity contribution is 5.85. The van der Waals surface area contributed by atoms with E-state index in [-0.39, 0.29) is 5.41 Å². The van der Waals surface area contributed by atoms with Gasteiger partial charge in [-0.15, -0.1) is 0 Å². The maximum absolute atomic E-state index is 12.8. The molecule has 0 amide bonds. The Morgan fingerprint density at radius 3 is 2.58 bits per heavy atom. The summed E-state index contributed by atoms with van der Waals surface area (Å²) in [5.41, 5.74) is 0.180. The minimum Gasteiger partial charge on any atom is -0.468 e. The van der Waals surface area contributed by atoms with E-state index in [1.54, 1.807) is 0 Å². The lowest BCUT2D eigenvalue weighted by atomic mass is 9.48. The van der Waals surface area contributed by atoms with Crippen LogP contribution in [0.4, 0.5) is 0 Å². The molecule has 3 fully saturated rings. The van der Waals surface area contributed by atoms with Gasteiger partial charge in [-0.3, -0.25) is 9.59 Å². The van der Waals surface area contributed by atoms with Gasteiger partial charge in [0.25, 0.3) is 6.47 Å². The maximum atomic E-state index is 12.8. The summed E-state index contributed by atoms with van der Waals surface area (Å²) in [5.74, 6) is 3.95. The number of Topliss-reactive ketones (excluding diaryl/α,β-unsaturated/α-hetero) is 1. The van der Waals surface area contributed by atoms with E-state index in [9.17, 15) is 9.59 Å². The van der Waals surface area contributed by atoms with Crippen molar-refractivity contribution < 1.29 is 14.3 Å². The summed E-state index contributed by atoms with van der Waals surface area (Å²) in [6.07, 6.45) is 7.64. The van der Waals surface area contributed by atoms with E-state index in [0.717, 1.165) is 30.6 Å². The third kappa shape index (κ3) is 2.63. The van der Waals surface area contributed by atoms with Crippen LogP contribution >= 0.6 is 0 Å². The molecule has 3 nitrogen and oxygen atoms in total. The SMILES string of the molecule is CC(C)[C@H]1CC[C@H]2[C@@H]3CCC(=O)[C@@](C)(CCOC=O)[C@@H]3CC[C@]12C. The minimum atomic E-state index is -0.289. The zero-order chi connectivity index (χ0) is 17.5. The third-order valence-corrected chi connectivity index (χ3v) is 8.28. The number of rotatable bonds is 5. The molecular formula is C21H34O3. The molecule has 3 rings (SSSR count). The Bertz CT molecular complexity index is 499. The predicted octanol–water partition coefficient (Wildman–Crippen LogP) is 4.63. The standard InChI is InChI=1S/C21H34O3/c1-14(2)16-6-7-17-15-5-8-19(23)21(4,11-12-24-13-22)18(15)9-10-20(16,17)3/h13-18H,5-12H2,1-4H3/t15-,16+,17-,18+,20+,21-/m0/s1. The summed E-state index contributed by atoms with van der Waals surface area (Å²) in [4.78, 5) is 23.3. The molecule has 24 heavy (non-hydrogen) atoms. The molecule has 0 radical (unpaired) electrons. The van der Waals surface area contributed by atoms with Gasteiger partial charge in [-0.05, 0) is 73.5 Å². The minimum absolute atomic E-state index is 0.289. The Morgan fingerprint density at radius 1 is 1.17 bits per heavy atom. The van der Waals surface area contributed by atoms with E-state index < -0.39 is 0 Å². The Hall–Kier alpha value is -0.860. The Morgan fingerprint density at radius 2 is 1.92 bits per heavy atom. The van der Waals surface area contributed by atoms with Crippen molar-refractivity contribution in [3.05, 3.63) is 0 Å². The highest BCUT2D eigenvalue weighted by Gasteiger charge is 2.59. The second kappa shape index (κ2) is 6.46. The summed E-state index contributed by atoms with van der Waals surface area (Å²) >= 11 is 0. The number of hydrogen-bond donors (Lipinski definition) is 0. The molecule has 0 aromatic rings. The van der Waals surface area contributed by atoms with E-state index in [1.807, 2.05) is 0 Å². The lowest BCUT2D eigenvalue weighted by molar-refractivity contribution is -0.149. The Balaban J connectivity index is 1.83. The van der Waals surface area contributed by atoms with E-state index in [2.05, 4.69) is 27.7 Å². The van der Waals surface area contributed by atoms with Gasteiger partial charge >= 0.3 is 0 Å². The van der Waals surface area contributed by atoms with Crippen molar-refractivity contribution in [2.75, 3.05) is 6.61 Å². The molecule has 0 bridgehead atoms. The van der Waals surface area contributed by atoms with Gasteiger partial charge in [0.15, 0.2) is 0 Å². The summed E-state index contributed by atoms with van der Waals surface area (Å²) in [7, 11) is 0. The van der Waals surface area contributed by atoms with Crippen LogP contribution in [0.3, 0.4) is 0 Å². The van der Waals surface area contributed by atoms with Crippen molar-refractivity contribution in [3.63, 3.8) is 0 Å². The first-order valence-electron chi connectivity index (χ1n) is 9.93. The van der Waals surface area contributed by atoms with Gasteiger partial charge in [0.05, 0.1) is 6.61 Å². The second-order valence-electron chi connectivity index (χ2n) is 9.45. The molecule has 3 aliphatic rings. The molecule has 0 spiro atoms. The highest BCUT2D eigenvalue weighted by atomic mass is 16.5. The first kappa shape index (κ1) is 17.9. The average Bonchev–Trinajstić information content (AvgIpc) is 2.89. The summed E-state index contributed by atoms with van der Waals surface area (Å²) in [5, 5.41) is 0. The number of ketones is 1. The van der Waals surface area contributed by atoms with Gasteiger partial charge < -0.3 is 4.74 Å². The van der Waals surface area contributed by atoms with Crippen LogP contribution in [0.25, 0.3) is 0 Å². The number of hydrogen-bond acceptors (Lipinski definition) is 3. The monoisotopic (exact) mass is 334 g/mol. The average molecular weight is 335 g/mol. The van der Waals surface area contributed by atoms with Crippen LogP contribution in [0.1, 0.15) is 72.6 Å². The normalized spacial score (nSPS) is 45.0. The van der Waals surface area contributed by atoms with Crippen LogP contribution in [-0.2, 0) is 14.3 Å². The van der Waals surface area contributed by atoms with Crippen LogP contribution in [0, 0.1) is 40.4 Å². The molecule has 3 heteroatoms. The number of ether oxygens (including phenoxy) is 1. The van der Waals surface area contributed by atoms with Gasteiger partial charge in [-0.2, -0.15) is 0 Å². The second-order valence-corrected chi connectivity index (χ2v) is 9.45. The molecular weight excluding hydrogens is 300 g/mol. The number of carbonyl (C=O) groups is 2. The largest absolute Gasteiger partial charge is 0.468 e. The van der Waals surface area contributed by atoms with Gasteiger partial charge in [-0.25, -0.2) is 0 Å². The van der Waals surface area contributed by atoms with Crippen molar-refractivity contribution in [1.29, 1.82) is 0 Å². The lowest BCUT2D eigenvalue weighted by Crippen LogP contribution is -2.52. The van der Waals surface area contributed by atoms with Crippen LogP contribution in [-0.4, -0.2) is 18.9 Å². The molecule has 3 saturated carbocycles. The van der Waals surface area contributed by atoms with Gasteiger partial charge in [0.2, 0.25) is 0 Å². The molecule has 0 N–H and O–H groups in total. The summed E-state index contributed by atoms with van der Waals surface area (Å²) in [6, 6.07) is 0. The van der Waals surface area contributed by atoms with E-state index >= 15 is 0 Å². The molecule has 0 unspecified atom stereocenters. The zero-order valence-electron chi connectivity index (χ0n) is 15.8. The molecule has 3 aliphatic carbocycles. The summed E-state index contributed by atoms with van der Waals surface area (Å²) in [6.45, 7) is 10.3. The molecule has 0 saturated heterocycles.